The molecule has 0 radical (unpaired) electrons. The summed E-state index contributed by atoms with van der Waals surface area (Å²) >= 11 is 0. The van der Waals surface area contributed by atoms with Gasteiger partial charge in [-0.2, -0.15) is 0 Å². The molecule has 1 aliphatic rings. The van der Waals surface area contributed by atoms with Crippen LogP contribution in [0, 0.1) is 0 Å². The summed E-state index contributed by atoms with van der Waals surface area (Å²) in [4.78, 5) is 11.4. The smallest absolute Gasteiger partial charge is 0.158 e. The van der Waals surface area contributed by atoms with Gasteiger partial charge in [-0.05, 0) is 37.1 Å². The number of aromatic nitrogens is 3. The van der Waals surface area contributed by atoms with Crippen molar-refractivity contribution in [2.24, 2.45) is 5.73 Å². The lowest BCUT2D eigenvalue weighted by Crippen LogP contribution is -2.40. The Kier molecular flexibility index (Phi) is 3.38. The van der Waals surface area contributed by atoms with Gasteiger partial charge in [-0.1, -0.05) is 0 Å². The molecular weight excluding hydrogens is 288 g/mol. The van der Waals surface area contributed by atoms with E-state index in [4.69, 9.17) is 16.5 Å². The number of benzene rings is 1. The van der Waals surface area contributed by atoms with E-state index in [1.165, 1.54) is 0 Å². The number of nitrogen functional groups attached to an aromatic ring is 1. The first-order chi connectivity index (χ1) is 11.2. The molecule has 0 saturated carbocycles. The van der Waals surface area contributed by atoms with Gasteiger partial charge >= 0.3 is 0 Å². The van der Waals surface area contributed by atoms with Crippen LogP contribution in [0.1, 0.15) is 12.8 Å². The van der Waals surface area contributed by atoms with E-state index in [1.54, 1.807) is 6.20 Å². The maximum Gasteiger partial charge on any atom is 0.158 e. The number of hydrogen-bond donors (Lipinski definition) is 2. The topological polar surface area (TPSA) is 86.0 Å². The van der Waals surface area contributed by atoms with Crippen molar-refractivity contribution >= 4 is 22.4 Å². The molecule has 118 valence electrons. The SMILES string of the molecule is Nc1ccc2c(ccn2-c2cncc(N3CCC(N)CC3)n2)c1. The van der Waals surface area contributed by atoms with E-state index >= 15 is 0 Å². The number of hydrogen-bond acceptors (Lipinski definition) is 5. The monoisotopic (exact) mass is 308 g/mol. The van der Waals surface area contributed by atoms with Crippen molar-refractivity contribution in [3.8, 4) is 5.82 Å². The van der Waals surface area contributed by atoms with Gasteiger partial charge in [-0.3, -0.25) is 9.55 Å². The molecule has 0 spiro atoms. The number of piperidine rings is 1. The highest BCUT2D eigenvalue weighted by Gasteiger charge is 2.18. The summed E-state index contributed by atoms with van der Waals surface area (Å²) in [5, 5.41) is 1.10. The zero-order chi connectivity index (χ0) is 15.8. The number of fused-ring (bicyclic) bond motifs is 1. The van der Waals surface area contributed by atoms with E-state index in [2.05, 4.69) is 9.88 Å². The maximum absolute atomic E-state index is 5.98. The molecule has 4 rings (SSSR count). The first kappa shape index (κ1) is 14.0. The van der Waals surface area contributed by atoms with Gasteiger partial charge in [-0.25, -0.2) is 4.98 Å². The highest BCUT2D eigenvalue weighted by molar-refractivity contribution is 5.84. The van der Waals surface area contributed by atoms with E-state index in [0.29, 0.717) is 6.04 Å². The second-order valence-corrected chi connectivity index (χ2v) is 6.06. The van der Waals surface area contributed by atoms with Gasteiger partial charge in [0.25, 0.3) is 0 Å². The minimum absolute atomic E-state index is 0.307. The van der Waals surface area contributed by atoms with Crippen LogP contribution >= 0.6 is 0 Å². The lowest BCUT2D eigenvalue weighted by molar-refractivity contribution is 0.498. The second-order valence-electron chi connectivity index (χ2n) is 6.06. The lowest BCUT2D eigenvalue weighted by atomic mass is 10.1. The number of nitrogens with two attached hydrogens (primary N) is 2. The minimum Gasteiger partial charge on any atom is -0.399 e. The third kappa shape index (κ3) is 2.61. The van der Waals surface area contributed by atoms with Gasteiger partial charge in [0.05, 0.1) is 17.9 Å². The molecule has 1 aliphatic heterocycles. The summed E-state index contributed by atoms with van der Waals surface area (Å²) in [5.41, 5.74) is 13.7. The maximum atomic E-state index is 5.98. The van der Waals surface area contributed by atoms with E-state index in [1.807, 2.05) is 41.2 Å². The Morgan fingerprint density at radius 3 is 2.65 bits per heavy atom. The number of rotatable bonds is 2. The van der Waals surface area contributed by atoms with Gasteiger partial charge in [0.1, 0.15) is 5.82 Å². The van der Waals surface area contributed by atoms with Gasteiger partial charge in [-0.15, -0.1) is 0 Å². The van der Waals surface area contributed by atoms with Crippen LogP contribution in [-0.2, 0) is 0 Å². The summed E-state index contributed by atoms with van der Waals surface area (Å²) in [6.45, 7) is 1.87. The van der Waals surface area contributed by atoms with Crippen LogP contribution < -0.4 is 16.4 Å². The summed E-state index contributed by atoms with van der Waals surface area (Å²) in [5.74, 6) is 1.73. The van der Waals surface area contributed by atoms with Crippen LogP contribution in [0.3, 0.4) is 0 Å². The summed E-state index contributed by atoms with van der Waals surface area (Å²) in [7, 11) is 0. The van der Waals surface area contributed by atoms with Gasteiger partial charge in [0, 0.05) is 36.4 Å². The molecule has 6 nitrogen and oxygen atoms in total. The Morgan fingerprint density at radius 1 is 1.04 bits per heavy atom. The molecule has 4 N–H and O–H groups in total. The molecule has 0 unspecified atom stereocenters. The molecule has 3 aromatic rings. The number of nitrogens with zero attached hydrogens (tertiary/aromatic N) is 4. The molecule has 2 aromatic heterocycles. The molecule has 1 fully saturated rings. The van der Waals surface area contributed by atoms with Crippen LogP contribution in [0.25, 0.3) is 16.7 Å². The molecule has 6 heteroatoms. The third-order valence-corrected chi connectivity index (χ3v) is 4.43. The van der Waals surface area contributed by atoms with E-state index in [0.717, 1.165) is 54.2 Å². The highest BCUT2D eigenvalue weighted by atomic mass is 15.2. The molecule has 0 atom stereocenters. The van der Waals surface area contributed by atoms with Crippen molar-refractivity contribution in [3.63, 3.8) is 0 Å². The van der Waals surface area contributed by atoms with Crippen LogP contribution in [0.2, 0.25) is 0 Å². The summed E-state index contributed by atoms with van der Waals surface area (Å²) in [6, 6.07) is 8.23. The largest absolute Gasteiger partial charge is 0.399 e. The van der Waals surface area contributed by atoms with E-state index < -0.39 is 0 Å². The first-order valence-corrected chi connectivity index (χ1v) is 7.90. The second kappa shape index (κ2) is 5.55. The quantitative estimate of drug-likeness (QED) is 0.707. The Balaban J connectivity index is 1.70. The Labute approximate surface area is 134 Å². The fourth-order valence-corrected chi connectivity index (χ4v) is 3.10. The van der Waals surface area contributed by atoms with Crippen LogP contribution in [0.5, 0.6) is 0 Å². The zero-order valence-corrected chi connectivity index (χ0v) is 12.9. The Morgan fingerprint density at radius 2 is 1.83 bits per heavy atom. The molecule has 1 saturated heterocycles. The fourth-order valence-electron chi connectivity index (χ4n) is 3.10. The van der Waals surface area contributed by atoms with Gasteiger partial charge < -0.3 is 16.4 Å². The van der Waals surface area contributed by atoms with E-state index in [9.17, 15) is 0 Å². The normalized spacial score (nSPS) is 16.1. The van der Waals surface area contributed by atoms with Crippen molar-refractivity contribution in [1.29, 1.82) is 0 Å². The molecule has 0 amide bonds. The lowest BCUT2D eigenvalue weighted by Gasteiger charge is -2.30. The Bertz CT molecular complexity index is 832. The average molecular weight is 308 g/mol. The number of anilines is 2. The van der Waals surface area contributed by atoms with Crippen LogP contribution in [-0.4, -0.2) is 33.7 Å². The van der Waals surface area contributed by atoms with Gasteiger partial charge in [0.15, 0.2) is 5.82 Å². The van der Waals surface area contributed by atoms with Crippen molar-refractivity contribution < 1.29 is 0 Å². The van der Waals surface area contributed by atoms with Gasteiger partial charge in [0.2, 0.25) is 0 Å². The van der Waals surface area contributed by atoms with Crippen molar-refractivity contribution in [2.45, 2.75) is 18.9 Å². The summed E-state index contributed by atoms with van der Waals surface area (Å²) < 4.78 is 2.04. The molecule has 0 bridgehead atoms. The predicted molar refractivity (Wildman–Crippen MR) is 92.7 cm³/mol. The molecular formula is C17H20N6. The van der Waals surface area contributed by atoms with Crippen molar-refractivity contribution in [3.05, 3.63) is 42.9 Å². The Hall–Kier alpha value is -2.60. The standard InChI is InChI=1S/C17H20N6/c18-13-4-6-22(7-5-13)16-10-20-11-17(21-16)23-8-3-12-9-14(19)1-2-15(12)23/h1-3,8-11,13H,4-7,18-19H2. The molecule has 23 heavy (non-hydrogen) atoms. The fraction of sp³-hybridized carbons (Fsp3) is 0.294. The van der Waals surface area contributed by atoms with Crippen LogP contribution in [0.4, 0.5) is 11.5 Å². The summed E-state index contributed by atoms with van der Waals surface area (Å²) in [6.07, 6.45) is 7.61. The van der Waals surface area contributed by atoms with Crippen LogP contribution in [0.15, 0.2) is 42.9 Å². The minimum atomic E-state index is 0.307. The van der Waals surface area contributed by atoms with E-state index in [-0.39, 0.29) is 0 Å². The average Bonchev–Trinajstić information content (AvgIpc) is 2.98. The molecule has 1 aromatic carbocycles. The van der Waals surface area contributed by atoms with Crippen molar-refractivity contribution in [2.75, 3.05) is 23.7 Å². The van der Waals surface area contributed by atoms with Crippen molar-refractivity contribution in [1.82, 2.24) is 14.5 Å². The third-order valence-electron chi connectivity index (χ3n) is 4.43. The molecule has 3 heterocycles. The zero-order valence-electron chi connectivity index (χ0n) is 12.9. The highest BCUT2D eigenvalue weighted by Crippen LogP contribution is 2.23. The predicted octanol–water partition coefficient (Wildman–Crippen LogP) is 1.93. The molecule has 0 aliphatic carbocycles. The first-order valence-electron chi connectivity index (χ1n) is 7.90.